The van der Waals surface area contributed by atoms with Gasteiger partial charge < -0.3 is 10.1 Å². The van der Waals surface area contributed by atoms with E-state index in [0.717, 1.165) is 0 Å². The Kier molecular flexibility index (Phi) is 4.65. The molecule has 7 nitrogen and oxygen atoms in total. The average molecular weight is 275 g/mol. The molecule has 7 heteroatoms. The lowest BCUT2D eigenvalue weighted by atomic mass is 10.2. The average Bonchev–Trinajstić information content (AvgIpc) is 2.90. The SMILES string of the molecule is CC(C)COc1ccc(NC(=O)Cn2cncn2)cn1. The molecule has 0 aromatic carbocycles. The molecular formula is C13H17N5O2. The van der Waals surface area contributed by atoms with Gasteiger partial charge >= 0.3 is 0 Å². The first-order valence-corrected chi connectivity index (χ1v) is 6.34. The molecule has 0 unspecified atom stereocenters. The van der Waals surface area contributed by atoms with Crippen molar-refractivity contribution < 1.29 is 9.53 Å². The minimum Gasteiger partial charge on any atom is -0.477 e. The van der Waals surface area contributed by atoms with Gasteiger partial charge in [-0.1, -0.05) is 13.8 Å². The van der Waals surface area contributed by atoms with Crippen molar-refractivity contribution in [2.45, 2.75) is 20.4 Å². The lowest BCUT2D eigenvalue weighted by Crippen LogP contribution is -2.19. The van der Waals surface area contributed by atoms with E-state index in [-0.39, 0.29) is 12.5 Å². The Balaban J connectivity index is 1.85. The molecule has 106 valence electrons. The molecule has 0 aliphatic rings. The molecule has 0 bridgehead atoms. The van der Waals surface area contributed by atoms with Crippen molar-refractivity contribution in [2.75, 3.05) is 11.9 Å². The molecule has 2 rings (SSSR count). The number of rotatable bonds is 6. The largest absolute Gasteiger partial charge is 0.477 e. The second-order valence-corrected chi connectivity index (χ2v) is 4.73. The summed E-state index contributed by atoms with van der Waals surface area (Å²) in [7, 11) is 0. The first-order chi connectivity index (χ1) is 9.63. The molecule has 2 aromatic rings. The maximum atomic E-state index is 11.7. The number of aromatic nitrogens is 4. The number of amides is 1. The van der Waals surface area contributed by atoms with Crippen molar-refractivity contribution in [3.8, 4) is 5.88 Å². The molecule has 0 radical (unpaired) electrons. The van der Waals surface area contributed by atoms with Crippen LogP contribution in [-0.2, 0) is 11.3 Å². The van der Waals surface area contributed by atoms with E-state index in [4.69, 9.17) is 4.74 Å². The Labute approximate surface area is 117 Å². The van der Waals surface area contributed by atoms with Crippen molar-refractivity contribution in [3.63, 3.8) is 0 Å². The number of hydrogen-bond donors (Lipinski definition) is 1. The summed E-state index contributed by atoms with van der Waals surface area (Å²) in [5.74, 6) is 0.806. The number of ether oxygens (including phenoxy) is 1. The van der Waals surface area contributed by atoms with E-state index < -0.39 is 0 Å². The van der Waals surface area contributed by atoms with Crippen LogP contribution < -0.4 is 10.1 Å². The standard InChI is InChI=1S/C13H17N5O2/c1-10(2)7-20-13-4-3-11(5-15-13)17-12(19)6-18-9-14-8-16-18/h3-5,8-10H,6-7H2,1-2H3,(H,17,19). The molecule has 0 aliphatic carbocycles. The summed E-state index contributed by atoms with van der Waals surface area (Å²) >= 11 is 0. The summed E-state index contributed by atoms with van der Waals surface area (Å²) < 4.78 is 6.91. The quantitative estimate of drug-likeness (QED) is 0.860. The maximum absolute atomic E-state index is 11.7. The van der Waals surface area contributed by atoms with Gasteiger partial charge in [-0.05, 0) is 12.0 Å². The van der Waals surface area contributed by atoms with Crippen molar-refractivity contribution in [1.29, 1.82) is 0 Å². The maximum Gasteiger partial charge on any atom is 0.246 e. The Morgan fingerprint density at radius 2 is 2.30 bits per heavy atom. The molecule has 0 spiro atoms. The summed E-state index contributed by atoms with van der Waals surface area (Å²) in [5, 5.41) is 6.59. The third-order valence-corrected chi connectivity index (χ3v) is 2.36. The number of carbonyl (C=O) groups excluding carboxylic acids is 1. The highest BCUT2D eigenvalue weighted by molar-refractivity contribution is 5.90. The summed E-state index contributed by atoms with van der Waals surface area (Å²) in [4.78, 5) is 19.6. The van der Waals surface area contributed by atoms with Crippen LogP contribution in [0.25, 0.3) is 0 Å². The van der Waals surface area contributed by atoms with Crippen molar-refractivity contribution in [3.05, 3.63) is 31.0 Å². The number of hydrogen-bond acceptors (Lipinski definition) is 5. The zero-order valence-corrected chi connectivity index (χ0v) is 11.5. The van der Waals surface area contributed by atoms with E-state index in [2.05, 4.69) is 34.2 Å². The van der Waals surface area contributed by atoms with Crippen molar-refractivity contribution >= 4 is 11.6 Å². The third kappa shape index (κ3) is 4.34. The van der Waals surface area contributed by atoms with Crippen LogP contribution in [0.2, 0.25) is 0 Å². The Bertz CT molecular complexity index is 536. The van der Waals surface area contributed by atoms with Gasteiger partial charge in [-0.3, -0.25) is 4.79 Å². The lowest BCUT2D eigenvalue weighted by molar-refractivity contribution is -0.116. The van der Waals surface area contributed by atoms with Gasteiger partial charge in [-0.15, -0.1) is 0 Å². The van der Waals surface area contributed by atoms with Gasteiger partial charge in [-0.2, -0.15) is 5.10 Å². The second kappa shape index (κ2) is 6.65. The fourth-order valence-electron chi connectivity index (χ4n) is 1.45. The van der Waals surface area contributed by atoms with E-state index in [0.29, 0.717) is 24.1 Å². The molecule has 2 heterocycles. The number of nitrogens with zero attached hydrogens (tertiary/aromatic N) is 4. The molecule has 1 amide bonds. The normalized spacial score (nSPS) is 10.6. The summed E-state index contributed by atoms with van der Waals surface area (Å²) in [5.41, 5.74) is 0.618. The highest BCUT2D eigenvalue weighted by Gasteiger charge is 2.05. The van der Waals surface area contributed by atoms with Crippen LogP contribution >= 0.6 is 0 Å². The predicted molar refractivity (Wildman–Crippen MR) is 73.2 cm³/mol. The van der Waals surface area contributed by atoms with Crippen LogP contribution in [-0.4, -0.2) is 32.3 Å². The minimum atomic E-state index is -0.187. The summed E-state index contributed by atoms with van der Waals surface area (Å²) in [6.07, 6.45) is 4.44. The molecule has 0 saturated heterocycles. The fourth-order valence-corrected chi connectivity index (χ4v) is 1.45. The van der Waals surface area contributed by atoms with E-state index in [1.165, 1.54) is 17.3 Å². The number of anilines is 1. The second-order valence-electron chi connectivity index (χ2n) is 4.73. The van der Waals surface area contributed by atoms with Crippen LogP contribution in [0.15, 0.2) is 31.0 Å². The minimum absolute atomic E-state index is 0.117. The third-order valence-electron chi connectivity index (χ3n) is 2.36. The molecule has 2 aromatic heterocycles. The van der Waals surface area contributed by atoms with Crippen LogP contribution in [0.1, 0.15) is 13.8 Å². The molecular weight excluding hydrogens is 258 g/mol. The molecule has 0 fully saturated rings. The van der Waals surface area contributed by atoms with Crippen molar-refractivity contribution in [1.82, 2.24) is 19.7 Å². The van der Waals surface area contributed by atoms with E-state index >= 15 is 0 Å². The van der Waals surface area contributed by atoms with Crippen molar-refractivity contribution in [2.24, 2.45) is 5.92 Å². The van der Waals surface area contributed by atoms with Crippen LogP contribution in [0, 0.1) is 5.92 Å². The molecule has 20 heavy (non-hydrogen) atoms. The van der Waals surface area contributed by atoms with Crippen LogP contribution in [0.5, 0.6) is 5.88 Å². The van der Waals surface area contributed by atoms with Gasteiger partial charge in [0.15, 0.2) is 0 Å². The van der Waals surface area contributed by atoms with E-state index in [1.54, 1.807) is 18.3 Å². The number of nitrogens with one attached hydrogen (secondary N) is 1. The molecule has 0 saturated carbocycles. The molecule has 0 atom stereocenters. The van der Waals surface area contributed by atoms with Gasteiger partial charge in [0.25, 0.3) is 0 Å². The van der Waals surface area contributed by atoms with Gasteiger partial charge in [0.05, 0.1) is 18.5 Å². The monoisotopic (exact) mass is 275 g/mol. The van der Waals surface area contributed by atoms with Gasteiger partial charge in [0.2, 0.25) is 11.8 Å². The van der Waals surface area contributed by atoms with E-state index in [1.807, 2.05) is 0 Å². The highest BCUT2D eigenvalue weighted by Crippen LogP contribution is 2.12. The lowest BCUT2D eigenvalue weighted by Gasteiger charge is -2.08. The molecule has 0 aliphatic heterocycles. The molecule has 1 N–H and O–H groups in total. The fraction of sp³-hybridized carbons (Fsp3) is 0.385. The van der Waals surface area contributed by atoms with E-state index in [9.17, 15) is 4.79 Å². The zero-order chi connectivity index (χ0) is 14.4. The van der Waals surface area contributed by atoms with Crippen LogP contribution in [0.3, 0.4) is 0 Å². The smallest absolute Gasteiger partial charge is 0.246 e. The Morgan fingerprint density at radius 3 is 2.90 bits per heavy atom. The summed E-state index contributed by atoms with van der Waals surface area (Å²) in [6.45, 7) is 4.87. The van der Waals surface area contributed by atoms with Gasteiger partial charge in [0.1, 0.15) is 19.2 Å². The van der Waals surface area contributed by atoms with Crippen LogP contribution in [0.4, 0.5) is 5.69 Å². The Morgan fingerprint density at radius 1 is 1.45 bits per heavy atom. The first-order valence-electron chi connectivity index (χ1n) is 6.34. The van der Waals surface area contributed by atoms with Gasteiger partial charge in [0, 0.05) is 6.07 Å². The summed E-state index contributed by atoms with van der Waals surface area (Å²) in [6, 6.07) is 3.48. The predicted octanol–water partition coefficient (Wildman–Crippen LogP) is 1.35. The zero-order valence-electron chi connectivity index (χ0n) is 11.5. The Hall–Kier alpha value is -2.44. The topological polar surface area (TPSA) is 81.9 Å². The van der Waals surface area contributed by atoms with Gasteiger partial charge in [-0.25, -0.2) is 14.6 Å². The number of carbonyl (C=O) groups is 1. The highest BCUT2D eigenvalue weighted by atomic mass is 16.5. The first kappa shape index (κ1) is 14.0. The number of pyridine rings is 1.